The van der Waals surface area contributed by atoms with Crippen LogP contribution in [-0.4, -0.2) is 50.2 Å². The van der Waals surface area contributed by atoms with Crippen molar-refractivity contribution in [3.8, 4) is 0 Å². The SMILES string of the molecule is CCCCOCCOCC(O)CNC1CCC(C)C(C)C1. The highest BCUT2D eigenvalue weighted by Gasteiger charge is 2.24. The topological polar surface area (TPSA) is 50.7 Å². The van der Waals surface area contributed by atoms with E-state index in [2.05, 4.69) is 26.1 Å². The van der Waals surface area contributed by atoms with Gasteiger partial charge in [-0.15, -0.1) is 0 Å². The van der Waals surface area contributed by atoms with Crippen LogP contribution in [0.25, 0.3) is 0 Å². The van der Waals surface area contributed by atoms with E-state index in [0.29, 0.717) is 32.4 Å². The van der Waals surface area contributed by atoms with Gasteiger partial charge < -0.3 is 19.9 Å². The van der Waals surface area contributed by atoms with Crippen LogP contribution in [0.15, 0.2) is 0 Å². The summed E-state index contributed by atoms with van der Waals surface area (Å²) in [4.78, 5) is 0. The molecule has 0 aromatic rings. The molecule has 126 valence electrons. The van der Waals surface area contributed by atoms with E-state index >= 15 is 0 Å². The lowest BCUT2D eigenvalue weighted by atomic mass is 9.79. The summed E-state index contributed by atoms with van der Waals surface area (Å²) in [6.07, 6.45) is 5.58. The van der Waals surface area contributed by atoms with E-state index in [1.165, 1.54) is 19.3 Å². The lowest BCUT2D eigenvalue weighted by Crippen LogP contribution is -2.41. The Hall–Kier alpha value is -0.160. The van der Waals surface area contributed by atoms with Crippen LogP contribution in [0, 0.1) is 11.8 Å². The second-order valence-electron chi connectivity index (χ2n) is 6.57. The minimum atomic E-state index is -0.421. The van der Waals surface area contributed by atoms with Crippen molar-refractivity contribution >= 4 is 0 Å². The molecule has 1 aliphatic carbocycles. The molecular weight excluding hydrogens is 266 g/mol. The highest BCUT2D eigenvalue weighted by molar-refractivity contribution is 4.80. The van der Waals surface area contributed by atoms with Crippen LogP contribution in [0.1, 0.15) is 52.9 Å². The molecule has 1 saturated carbocycles. The maximum Gasteiger partial charge on any atom is 0.0897 e. The number of hydrogen-bond acceptors (Lipinski definition) is 4. The van der Waals surface area contributed by atoms with E-state index < -0.39 is 6.10 Å². The molecule has 1 aliphatic rings. The van der Waals surface area contributed by atoms with Gasteiger partial charge in [-0.1, -0.05) is 27.2 Å². The molecule has 0 aromatic carbocycles. The monoisotopic (exact) mass is 301 g/mol. The Bertz CT molecular complexity index is 250. The fourth-order valence-electron chi connectivity index (χ4n) is 2.78. The minimum absolute atomic E-state index is 0.392. The zero-order chi connectivity index (χ0) is 15.5. The Labute approximate surface area is 130 Å². The number of aliphatic hydroxyl groups excluding tert-OH is 1. The molecule has 0 radical (unpaired) electrons. The lowest BCUT2D eigenvalue weighted by molar-refractivity contribution is 0.00247. The van der Waals surface area contributed by atoms with Crippen LogP contribution in [0.5, 0.6) is 0 Å². The molecule has 4 heteroatoms. The third kappa shape index (κ3) is 8.77. The Morgan fingerprint density at radius 2 is 1.86 bits per heavy atom. The summed E-state index contributed by atoms with van der Waals surface area (Å²) in [5.41, 5.74) is 0. The standard InChI is InChI=1S/C17H35NO3/c1-4-5-8-20-9-10-21-13-17(19)12-18-16-7-6-14(2)15(3)11-16/h14-19H,4-13H2,1-3H3. The third-order valence-corrected chi connectivity index (χ3v) is 4.56. The molecule has 1 rings (SSSR count). The third-order valence-electron chi connectivity index (χ3n) is 4.56. The van der Waals surface area contributed by atoms with Crippen molar-refractivity contribution in [1.29, 1.82) is 0 Å². The molecule has 0 aromatic heterocycles. The van der Waals surface area contributed by atoms with Gasteiger partial charge >= 0.3 is 0 Å². The van der Waals surface area contributed by atoms with Crippen LogP contribution in [0.3, 0.4) is 0 Å². The van der Waals surface area contributed by atoms with E-state index in [0.717, 1.165) is 31.3 Å². The second-order valence-corrected chi connectivity index (χ2v) is 6.57. The largest absolute Gasteiger partial charge is 0.389 e. The van der Waals surface area contributed by atoms with E-state index in [9.17, 15) is 5.11 Å². The molecule has 0 spiro atoms. The van der Waals surface area contributed by atoms with Crippen LogP contribution >= 0.6 is 0 Å². The average molecular weight is 301 g/mol. The number of aliphatic hydroxyl groups is 1. The molecule has 4 unspecified atom stereocenters. The first-order valence-electron chi connectivity index (χ1n) is 8.70. The van der Waals surface area contributed by atoms with Gasteiger partial charge in [0.1, 0.15) is 0 Å². The van der Waals surface area contributed by atoms with Crippen molar-refractivity contribution in [2.45, 2.75) is 65.0 Å². The van der Waals surface area contributed by atoms with Crippen molar-refractivity contribution < 1.29 is 14.6 Å². The Morgan fingerprint density at radius 3 is 2.57 bits per heavy atom. The lowest BCUT2D eigenvalue weighted by Gasteiger charge is -2.33. The summed E-state index contributed by atoms with van der Waals surface area (Å²) >= 11 is 0. The first-order chi connectivity index (χ1) is 10.1. The molecular formula is C17H35NO3. The maximum atomic E-state index is 9.91. The summed E-state index contributed by atoms with van der Waals surface area (Å²) in [7, 11) is 0. The first-order valence-corrected chi connectivity index (χ1v) is 8.70. The summed E-state index contributed by atoms with van der Waals surface area (Å²) in [5.74, 6) is 1.62. The van der Waals surface area contributed by atoms with Gasteiger partial charge in [0.05, 0.1) is 25.9 Å². The van der Waals surface area contributed by atoms with Crippen LogP contribution in [-0.2, 0) is 9.47 Å². The highest BCUT2D eigenvalue weighted by Crippen LogP contribution is 2.29. The summed E-state index contributed by atoms with van der Waals surface area (Å²) in [6.45, 7) is 9.84. The number of unbranched alkanes of at least 4 members (excludes halogenated alkanes) is 1. The minimum Gasteiger partial charge on any atom is -0.389 e. The quantitative estimate of drug-likeness (QED) is 0.576. The molecule has 0 heterocycles. The fraction of sp³-hybridized carbons (Fsp3) is 1.00. The van der Waals surface area contributed by atoms with Crippen molar-refractivity contribution in [3.63, 3.8) is 0 Å². The van der Waals surface area contributed by atoms with Gasteiger partial charge in [0.2, 0.25) is 0 Å². The van der Waals surface area contributed by atoms with Crippen LogP contribution < -0.4 is 5.32 Å². The average Bonchev–Trinajstić information content (AvgIpc) is 2.47. The number of nitrogens with one attached hydrogen (secondary N) is 1. The predicted molar refractivity (Wildman–Crippen MR) is 86.5 cm³/mol. The Kier molecular flexibility index (Phi) is 10.3. The van der Waals surface area contributed by atoms with Crippen molar-refractivity contribution in [3.05, 3.63) is 0 Å². The molecule has 4 atom stereocenters. The molecule has 2 N–H and O–H groups in total. The molecule has 0 bridgehead atoms. The van der Waals surface area contributed by atoms with E-state index in [4.69, 9.17) is 9.47 Å². The van der Waals surface area contributed by atoms with Gasteiger partial charge in [0.15, 0.2) is 0 Å². The molecule has 21 heavy (non-hydrogen) atoms. The summed E-state index contributed by atoms with van der Waals surface area (Å²) in [6, 6.07) is 0.559. The molecule has 4 nitrogen and oxygen atoms in total. The number of hydrogen-bond donors (Lipinski definition) is 2. The second kappa shape index (κ2) is 11.4. The van der Waals surface area contributed by atoms with Gasteiger partial charge in [0.25, 0.3) is 0 Å². The van der Waals surface area contributed by atoms with Crippen molar-refractivity contribution in [2.24, 2.45) is 11.8 Å². The van der Waals surface area contributed by atoms with Crippen LogP contribution in [0.2, 0.25) is 0 Å². The molecule has 0 saturated heterocycles. The van der Waals surface area contributed by atoms with E-state index in [1.807, 2.05) is 0 Å². The Morgan fingerprint density at radius 1 is 1.10 bits per heavy atom. The normalized spacial score (nSPS) is 27.7. The molecule has 0 amide bonds. The fourth-order valence-corrected chi connectivity index (χ4v) is 2.78. The van der Waals surface area contributed by atoms with Gasteiger partial charge in [-0.25, -0.2) is 0 Å². The van der Waals surface area contributed by atoms with Gasteiger partial charge in [-0.3, -0.25) is 0 Å². The number of ether oxygens (including phenoxy) is 2. The first kappa shape index (κ1) is 18.9. The molecule has 0 aliphatic heterocycles. The summed E-state index contributed by atoms with van der Waals surface area (Å²) < 4.78 is 10.8. The highest BCUT2D eigenvalue weighted by atomic mass is 16.5. The maximum absolute atomic E-state index is 9.91. The van der Waals surface area contributed by atoms with E-state index in [1.54, 1.807) is 0 Å². The van der Waals surface area contributed by atoms with Gasteiger partial charge in [0, 0.05) is 19.2 Å². The smallest absolute Gasteiger partial charge is 0.0897 e. The zero-order valence-corrected chi connectivity index (χ0v) is 14.1. The van der Waals surface area contributed by atoms with Crippen molar-refractivity contribution in [1.82, 2.24) is 5.32 Å². The predicted octanol–water partition coefficient (Wildman–Crippen LogP) is 2.59. The van der Waals surface area contributed by atoms with Gasteiger partial charge in [-0.05, 0) is 37.5 Å². The molecule has 1 fully saturated rings. The number of rotatable bonds is 11. The zero-order valence-electron chi connectivity index (χ0n) is 14.1. The van der Waals surface area contributed by atoms with Crippen molar-refractivity contribution in [2.75, 3.05) is 33.0 Å². The van der Waals surface area contributed by atoms with Gasteiger partial charge in [-0.2, -0.15) is 0 Å². The Balaban J connectivity index is 1.95. The van der Waals surface area contributed by atoms with E-state index in [-0.39, 0.29) is 0 Å². The summed E-state index contributed by atoms with van der Waals surface area (Å²) in [5, 5.41) is 13.4. The van der Waals surface area contributed by atoms with Crippen LogP contribution in [0.4, 0.5) is 0 Å².